The van der Waals surface area contributed by atoms with Crippen LogP contribution >= 0.6 is 22.9 Å². The molecule has 1 saturated heterocycles. The van der Waals surface area contributed by atoms with Crippen molar-refractivity contribution in [3.8, 4) is 0 Å². The molecule has 1 fully saturated rings. The molecule has 0 unspecified atom stereocenters. The Morgan fingerprint density at radius 3 is 2.78 bits per heavy atom. The molecule has 3 rings (SSSR count). The van der Waals surface area contributed by atoms with Crippen molar-refractivity contribution in [3.05, 3.63) is 39.8 Å². The molecule has 3 N–H and O–H groups in total. The first-order valence-electron chi connectivity index (χ1n) is 7.61. The molecule has 0 bridgehead atoms. The Balaban J connectivity index is 1.67. The van der Waals surface area contributed by atoms with E-state index in [0.717, 1.165) is 42.2 Å². The molecule has 0 spiro atoms. The van der Waals surface area contributed by atoms with Gasteiger partial charge in [-0.3, -0.25) is 4.79 Å². The second-order valence-electron chi connectivity index (χ2n) is 5.61. The van der Waals surface area contributed by atoms with Crippen LogP contribution in [0.2, 0.25) is 4.47 Å². The first kappa shape index (κ1) is 16.1. The molecule has 1 aromatic carbocycles. The van der Waals surface area contributed by atoms with E-state index in [4.69, 9.17) is 17.3 Å². The number of amides is 1. The van der Waals surface area contributed by atoms with Gasteiger partial charge in [0.2, 0.25) is 5.91 Å². The van der Waals surface area contributed by atoms with Crippen LogP contribution in [-0.4, -0.2) is 24.0 Å². The SMILES string of the molecule is NC(=O)C1CCN(c2ccccc2NCc2cnc(Cl)s2)CC1. The largest absolute Gasteiger partial charge is 0.378 e. The Hall–Kier alpha value is -1.79. The minimum atomic E-state index is -0.182. The second kappa shape index (κ2) is 7.19. The van der Waals surface area contributed by atoms with Crippen LogP contribution in [0.5, 0.6) is 0 Å². The summed E-state index contributed by atoms with van der Waals surface area (Å²) in [7, 11) is 0. The highest BCUT2D eigenvalue weighted by molar-refractivity contribution is 7.15. The Morgan fingerprint density at radius 1 is 1.39 bits per heavy atom. The predicted molar refractivity (Wildman–Crippen MR) is 95.0 cm³/mol. The van der Waals surface area contributed by atoms with Crippen LogP contribution in [0.3, 0.4) is 0 Å². The van der Waals surface area contributed by atoms with Crippen LogP contribution in [0.4, 0.5) is 11.4 Å². The average Bonchev–Trinajstić information content (AvgIpc) is 2.99. The van der Waals surface area contributed by atoms with E-state index < -0.39 is 0 Å². The highest BCUT2D eigenvalue weighted by Gasteiger charge is 2.24. The number of halogens is 1. The number of aromatic nitrogens is 1. The summed E-state index contributed by atoms with van der Waals surface area (Å²) >= 11 is 7.35. The van der Waals surface area contributed by atoms with E-state index in [1.165, 1.54) is 11.3 Å². The molecule has 7 heteroatoms. The Morgan fingerprint density at radius 2 is 2.13 bits per heavy atom. The van der Waals surface area contributed by atoms with E-state index in [9.17, 15) is 4.79 Å². The van der Waals surface area contributed by atoms with Gasteiger partial charge in [-0.2, -0.15) is 0 Å². The molecule has 0 atom stereocenters. The van der Waals surface area contributed by atoms with Gasteiger partial charge in [0.1, 0.15) is 0 Å². The lowest BCUT2D eigenvalue weighted by molar-refractivity contribution is -0.122. The van der Waals surface area contributed by atoms with Gasteiger partial charge in [0.25, 0.3) is 0 Å². The maximum absolute atomic E-state index is 11.3. The smallest absolute Gasteiger partial charge is 0.220 e. The molecule has 122 valence electrons. The molecule has 1 aliphatic rings. The number of thiazole rings is 1. The number of carbonyl (C=O) groups excluding carboxylic acids is 1. The highest BCUT2D eigenvalue weighted by Crippen LogP contribution is 2.30. The van der Waals surface area contributed by atoms with Crippen LogP contribution in [0.25, 0.3) is 0 Å². The Kier molecular flexibility index (Phi) is 5.03. The van der Waals surface area contributed by atoms with Crippen LogP contribution in [0.1, 0.15) is 17.7 Å². The lowest BCUT2D eigenvalue weighted by atomic mass is 9.96. The third-order valence-corrected chi connectivity index (χ3v) is 5.24. The van der Waals surface area contributed by atoms with Gasteiger partial charge in [0.15, 0.2) is 4.47 Å². The number of piperidine rings is 1. The van der Waals surface area contributed by atoms with E-state index in [-0.39, 0.29) is 11.8 Å². The fraction of sp³-hybridized carbons (Fsp3) is 0.375. The molecular weight excluding hydrogens is 332 g/mol. The minimum absolute atomic E-state index is 0.00528. The average molecular weight is 351 g/mol. The van der Waals surface area contributed by atoms with Crippen molar-refractivity contribution in [2.45, 2.75) is 19.4 Å². The molecule has 5 nitrogen and oxygen atoms in total. The first-order valence-corrected chi connectivity index (χ1v) is 8.80. The van der Waals surface area contributed by atoms with Crippen molar-refractivity contribution in [2.24, 2.45) is 11.7 Å². The summed E-state index contributed by atoms with van der Waals surface area (Å²) in [5.41, 5.74) is 7.65. The summed E-state index contributed by atoms with van der Waals surface area (Å²) in [5, 5.41) is 3.45. The molecular formula is C16H19ClN4OS. The highest BCUT2D eigenvalue weighted by atomic mass is 35.5. The van der Waals surface area contributed by atoms with Gasteiger partial charge < -0.3 is 16.0 Å². The molecule has 0 aliphatic carbocycles. The molecule has 0 saturated carbocycles. The zero-order chi connectivity index (χ0) is 16.2. The molecule has 23 heavy (non-hydrogen) atoms. The maximum Gasteiger partial charge on any atom is 0.220 e. The zero-order valence-electron chi connectivity index (χ0n) is 12.7. The van der Waals surface area contributed by atoms with Crippen molar-refractivity contribution >= 4 is 40.2 Å². The number of nitrogens with one attached hydrogen (secondary N) is 1. The van der Waals surface area contributed by atoms with Gasteiger partial charge >= 0.3 is 0 Å². The lowest BCUT2D eigenvalue weighted by Gasteiger charge is -2.33. The van der Waals surface area contributed by atoms with Crippen molar-refractivity contribution < 1.29 is 4.79 Å². The number of hydrogen-bond donors (Lipinski definition) is 2. The standard InChI is InChI=1S/C16H19ClN4OS/c17-16-20-10-12(23-16)9-19-13-3-1-2-4-14(13)21-7-5-11(6-8-21)15(18)22/h1-4,10-11,19H,5-9H2,(H2,18,22). The Labute approximate surface area is 144 Å². The van der Waals surface area contributed by atoms with Gasteiger partial charge in [0.05, 0.1) is 17.9 Å². The van der Waals surface area contributed by atoms with Crippen molar-refractivity contribution in [1.82, 2.24) is 4.98 Å². The third kappa shape index (κ3) is 3.95. The van der Waals surface area contributed by atoms with Crippen molar-refractivity contribution in [3.63, 3.8) is 0 Å². The van der Waals surface area contributed by atoms with Gasteiger partial charge in [-0.1, -0.05) is 23.7 Å². The number of primary amides is 1. The fourth-order valence-electron chi connectivity index (χ4n) is 2.85. The van der Waals surface area contributed by atoms with E-state index in [2.05, 4.69) is 27.3 Å². The van der Waals surface area contributed by atoms with Gasteiger partial charge in [-0.15, -0.1) is 11.3 Å². The molecule has 2 aromatic rings. The number of nitrogens with zero attached hydrogens (tertiary/aromatic N) is 2. The number of para-hydroxylation sites is 2. The summed E-state index contributed by atoms with van der Waals surface area (Å²) in [5.74, 6) is -0.177. The van der Waals surface area contributed by atoms with Crippen LogP contribution in [0.15, 0.2) is 30.5 Å². The van der Waals surface area contributed by atoms with Crippen LogP contribution in [0, 0.1) is 5.92 Å². The van der Waals surface area contributed by atoms with E-state index >= 15 is 0 Å². The minimum Gasteiger partial charge on any atom is -0.378 e. The molecule has 1 amide bonds. The topological polar surface area (TPSA) is 71.2 Å². The maximum atomic E-state index is 11.3. The number of benzene rings is 1. The summed E-state index contributed by atoms with van der Waals surface area (Å²) in [4.78, 5) is 18.8. The Bertz CT molecular complexity index is 682. The number of rotatable bonds is 5. The zero-order valence-corrected chi connectivity index (χ0v) is 14.2. The second-order valence-corrected chi connectivity index (χ2v) is 7.31. The van der Waals surface area contributed by atoms with Gasteiger partial charge in [-0.25, -0.2) is 4.98 Å². The monoisotopic (exact) mass is 350 g/mol. The number of nitrogens with two attached hydrogens (primary N) is 1. The fourth-order valence-corrected chi connectivity index (χ4v) is 3.77. The summed E-state index contributed by atoms with van der Waals surface area (Å²) in [6.07, 6.45) is 3.42. The first-order chi connectivity index (χ1) is 11.1. The summed E-state index contributed by atoms with van der Waals surface area (Å²) in [6, 6.07) is 8.22. The van der Waals surface area contributed by atoms with Crippen molar-refractivity contribution in [1.29, 1.82) is 0 Å². The molecule has 2 heterocycles. The molecule has 1 aromatic heterocycles. The van der Waals surface area contributed by atoms with E-state index in [1.54, 1.807) is 6.20 Å². The van der Waals surface area contributed by atoms with Gasteiger partial charge in [-0.05, 0) is 25.0 Å². The molecule has 1 aliphatic heterocycles. The van der Waals surface area contributed by atoms with Gasteiger partial charge in [0, 0.05) is 30.1 Å². The quantitative estimate of drug-likeness (QED) is 0.869. The summed E-state index contributed by atoms with van der Waals surface area (Å²) < 4.78 is 0.559. The normalized spacial score (nSPS) is 15.6. The van der Waals surface area contributed by atoms with E-state index in [0.29, 0.717) is 11.0 Å². The van der Waals surface area contributed by atoms with Crippen molar-refractivity contribution in [2.75, 3.05) is 23.3 Å². The number of anilines is 2. The lowest BCUT2D eigenvalue weighted by Crippen LogP contribution is -2.38. The summed E-state index contributed by atoms with van der Waals surface area (Å²) in [6.45, 7) is 2.39. The number of hydrogen-bond acceptors (Lipinski definition) is 5. The van der Waals surface area contributed by atoms with Crippen LogP contribution in [-0.2, 0) is 11.3 Å². The number of carbonyl (C=O) groups is 1. The van der Waals surface area contributed by atoms with Crippen LogP contribution < -0.4 is 16.0 Å². The predicted octanol–water partition coefficient (Wildman–Crippen LogP) is 3.11. The third-order valence-electron chi connectivity index (χ3n) is 4.12. The van der Waals surface area contributed by atoms with E-state index in [1.807, 2.05) is 12.1 Å². The molecule has 0 radical (unpaired) electrons.